The Hall–Kier alpha value is -1.06. The Labute approximate surface area is 196 Å². The number of nitrogens with one attached hydrogen (secondary N) is 1. The molecule has 0 radical (unpaired) electrons. The molecule has 29 heavy (non-hydrogen) atoms. The molecule has 0 saturated carbocycles. The summed E-state index contributed by atoms with van der Waals surface area (Å²) in [6.07, 6.45) is 1.60. The topological polar surface area (TPSA) is 57.2 Å². The van der Waals surface area contributed by atoms with Gasteiger partial charge in [-0.1, -0.05) is 37.6 Å². The summed E-state index contributed by atoms with van der Waals surface area (Å²) >= 11 is 6.01. The number of ether oxygens (including phenoxy) is 1. The second-order valence-electron chi connectivity index (χ2n) is 8.11. The number of amides is 1. The first-order valence-electron chi connectivity index (χ1n) is 10.0. The lowest BCUT2D eigenvalue weighted by molar-refractivity contribution is -0.142. The molecule has 0 aromatic heterocycles. The predicted molar refractivity (Wildman–Crippen MR) is 128 cm³/mol. The second kappa shape index (κ2) is 10.8. The molecule has 0 bridgehead atoms. The number of aliphatic imine (C=N–C) groups is 1. The Morgan fingerprint density at radius 3 is 2.38 bits per heavy atom. The maximum absolute atomic E-state index is 12.5. The molecule has 2 saturated heterocycles. The number of carbonyl (C=O) groups excluding carboxylic acids is 1. The molecule has 162 valence electrons. The zero-order valence-corrected chi connectivity index (χ0v) is 20.6. The molecule has 6 nitrogen and oxygen atoms in total. The quantitative estimate of drug-likeness (QED) is 0.366. The van der Waals surface area contributed by atoms with Gasteiger partial charge in [-0.25, -0.2) is 0 Å². The molecule has 2 aliphatic heterocycles. The SMILES string of the molecule is CN=C(NCC(C)(C)c1ccc(Cl)cc1)N1CCN(C(=O)C2CCCO2)CC1.I. The van der Waals surface area contributed by atoms with E-state index in [0.29, 0.717) is 19.7 Å². The lowest BCUT2D eigenvalue weighted by atomic mass is 9.84. The Morgan fingerprint density at radius 2 is 1.83 bits per heavy atom. The van der Waals surface area contributed by atoms with Crippen molar-refractivity contribution in [1.82, 2.24) is 15.1 Å². The number of hydrogen-bond acceptors (Lipinski definition) is 3. The lowest BCUT2D eigenvalue weighted by Gasteiger charge is -2.38. The second-order valence-corrected chi connectivity index (χ2v) is 8.54. The minimum Gasteiger partial charge on any atom is -0.368 e. The predicted octanol–water partition coefficient (Wildman–Crippen LogP) is 3.13. The highest BCUT2D eigenvalue weighted by Crippen LogP contribution is 2.24. The number of hydrogen-bond donors (Lipinski definition) is 1. The maximum atomic E-state index is 12.5. The van der Waals surface area contributed by atoms with E-state index in [-0.39, 0.29) is 41.4 Å². The van der Waals surface area contributed by atoms with Crippen LogP contribution in [0.4, 0.5) is 0 Å². The molecule has 1 aromatic carbocycles. The normalized spacial score (nSPS) is 20.4. The Kier molecular flexibility index (Phi) is 9.03. The number of benzene rings is 1. The third kappa shape index (κ3) is 6.21. The third-order valence-corrected chi connectivity index (χ3v) is 5.87. The summed E-state index contributed by atoms with van der Waals surface area (Å²) in [6.45, 7) is 8.84. The van der Waals surface area contributed by atoms with Gasteiger partial charge < -0.3 is 19.9 Å². The van der Waals surface area contributed by atoms with Gasteiger partial charge in [0.1, 0.15) is 6.10 Å². The van der Waals surface area contributed by atoms with E-state index in [2.05, 4.69) is 41.2 Å². The van der Waals surface area contributed by atoms with Gasteiger partial charge in [0.15, 0.2) is 5.96 Å². The van der Waals surface area contributed by atoms with E-state index in [1.54, 1.807) is 0 Å². The summed E-state index contributed by atoms with van der Waals surface area (Å²) in [5, 5.41) is 4.26. The largest absolute Gasteiger partial charge is 0.368 e. The van der Waals surface area contributed by atoms with E-state index in [0.717, 1.165) is 43.5 Å². The highest BCUT2D eigenvalue weighted by molar-refractivity contribution is 14.0. The molecule has 2 aliphatic rings. The molecule has 0 aliphatic carbocycles. The van der Waals surface area contributed by atoms with Crippen molar-refractivity contribution >= 4 is 47.4 Å². The fourth-order valence-corrected chi connectivity index (χ4v) is 3.88. The molecule has 1 aromatic rings. The van der Waals surface area contributed by atoms with Crippen LogP contribution in [0.25, 0.3) is 0 Å². The molecule has 2 fully saturated rings. The van der Waals surface area contributed by atoms with Crippen molar-refractivity contribution in [2.45, 2.75) is 38.2 Å². The van der Waals surface area contributed by atoms with Crippen molar-refractivity contribution in [2.75, 3.05) is 46.4 Å². The molecule has 0 spiro atoms. The Balaban J connectivity index is 0.00000300. The minimum absolute atomic E-state index is 0. The highest BCUT2D eigenvalue weighted by atomic mass is 127. The van der Waals surface area contributed by atoms with Gasteiger partial charge >= 0.3 is 0 Å². The van der Waals surface area contributed by atoms with Crippen LogP contribution < -0.4 is 5.32 Å². The summed E-state index contributed by atoms with van der Waals surface area (Å²) in [6, 6.07) is 8.00. The minimum atomic E-state index is -0.232. The summed E-state index contributed by atoms with van der Waals surface area (Å²) < 4.78 is 5.54. The Morgan fingerprint density at radius 1 is 1.21 bits per heavy atom. The van der Waals surface area contributed by atoms with Gasteiger partial charge in [-0.3, -0.25) is 9.79 Å². The van der Waals surface area contributed by atoms with Gasteiger partial charge in [0.2, 0.25) is 0 Å². The van der Waals surface area contributed by atoms with E-state index in [9.17, 15) is 4.79 Å². The van der Waals surface area contributed by atoms with Crippen molar-refractivity contribution in [1.29, 1.82) is 0 Å². The smallest absolute Gasteiger partial charge is 0.251 e. The van der Waals surface area contributed by atoms with Crippen LogP contribution in [0.5, 0.6) is 0 Å². The van der Waals surface area contributed by atoms with Gasteiger partial charge in [-0.15, -0.1) is 24.0 Å². The number of carbonyl (C=O) groups is 1. The molecule has 2 heterocycles. The molecular weight excluding hydrogens is 503 g/mol. The molecule has 1 unspecified atom stereocenters. The molecular formula is C21H32ClIN4O2. The summed E-state index contributed by atoms with van der Waals surface area (Å²) in [5.74, 6) is 1.02. The highest BCUT2D eigenvalue weighted by Gasteiger charge is 2.31. The van der Waals surface area contributed by atoms with E-state index >= 15 is 0 Å². The van der Waals surface area contributed by atoms with E-state index in [4.69, 9.17) is 16.3 Å². The fourth-order valence-electron chi connectivity index (χ4n) is 3.75. The zero-order valence-electron chi connectivity index (χ0n) is 17.5. The van der Waals surface area contributed by atoms with Gasteiger partial charge in [0.25, 0.3) is 5.91 Å². The van der Waals surface area contributed by atoms with E-state index in [1.165, 1.54) is 5.56 Å². The van der Waals surface area contributed by atoms with Crippen molar-refractivity contribution in [3.8, 4) is 0 Å². The van der Waals surface area contributed by atoms with Gasteiger partial charge in [-0.2, -0.15) is 0 Å². The number of halogens is 2. The van der Waals surface area contributed by atoms with Crippen LogP contribution in [0.3, 0.4) is 0 Å². The van der Waals surface area contributed by atoms with E-state index < -0.39 is 0 Å². The average Bonchev–Trinajstić information content (AvgIpc) is 3.23. The number of guanidine groups is 1. The van der Waals surface area contributed by atoms with Crippen LogP contribution in [0.1, 0.15) is 32.3 Å². The van der Waals surface area contributed by atoms with Crippen molar-refractivity contribution in [2.24, 2.45) is 4.99 Å². The third-order valence-electron chi connectivity index (χ3n) is 5.62. The van der Waals surface area contributed by atoms with Crippen LogP contribution in [-0.4, -0.2) is 74.1 Å². The maximum Gasteiger partial charge on any atom is 0.251 e. The summed E-state index contributed by atoms with van der Waals surface area (Å²) in [7, 11) is 1.81. The standard InChI is InChI=1S/C21H31ClN4O2.HI/c1-21(2,16-6-8-17(22)9-7-16)15-24-20(23-3)26-12-10-25(11-13-26)19(27)18-5-4-14-28-18;/h6-9,18H,4-5,10-15H2,1-3H3,(H,23,24);1H. The van der Waals surface area contributed by atoms with Crippen LogP contribution in [0.15, 0.2) is 29.3 Å². The molecule has 1 atom stereocenters. The first-order chi connectivity index (χ1) is 13.4. The average molecular weight is 535 g/mol. The Bertz CT molecular complexity index is 697. The fraction of sp³-hybridized carbons (Fsp3) is 0.619. The van der Waals surface area contributed by atoms with Crippen molar-refractivity contribution < 1.29 is 9.53 Å². The van der Waals surface area contributed by atoms with Crippen LogP contribution in [0.2, 0.25) is 5.02 Å². The van der Waals surface area contributed by atoms with E-state index in [1.807, 2.05) is 24.1 Å². The van der Waals surface area contributed by atoms with Crippen LogP contribution in [0, 0.1) is 0 Å². The van der Waals surface area contributed by atoms with Crippen LogP contribution >= 0.6 is 35.6 Å². The van der Waals surface area contributed by atoms with Gasteiger partial charge in [0.05, 0.1) is 0 Å². The van der Waals surface area contributed by atoms with Crippen molar-refractivity contribution in [3.63, 3.8) is 0 Å². The first kappa shape index (κ1) is 24.2. The summed E-state index contributed by atoms with van der Waals surface area (Å²) in [5.41, 5.74) is 1.17. The zero-order chi connectivity index (χ0) is 20.1. The van der Waals surface area contributed by atoms with Crippen LogP contribution in [-0.2, 0) is 14.9 Å². The number of nitrogens with zero attached hydrogens (tertiary/aromatic N) is 3. The van der Waals surface area contributed by atoms with Crippen molar-refractivity contribution in [3.05, 3.63) is 34.9 Å². The summed E-state index contributed by atoms with van der Waals surface area (Å²) in [4.78, 5) is 21.1. The number of piperazine rings is 1. The van der Waals surface area contributed by atoms with Gasteiger partial charge in [-0.05, 0) is 30.5 Å². The molecule has 1 N–H and O–H groups in total. The number of rotatable bonds is 4. The lowest BCUT2D eigenvalue weighted by Crippen LogP contribution is -2.56. The molecule has 1 amide bonds. The monoisotopic (exact) mass is 534 g/mol. The molecule has 8 heteroatoms. The first-order valence-corrected chi connectivity index (χ1v) is 10.4. The molecule has 3 rings (SSSR count). The van der Waals surface area contributed by atoms with Gasteiger partial charge in [0, 0.05) is 56.8 Å².